The zero-order valence-corrected chi connectivity index (χ0v) is 16.4. The molecule has 2 aromatic carbocycles. The molecule has 0 heterocycles. The summed E-state index contributed by atoms with van der Waals surface area (Å²) in [6.45, 7) is 8.57. The lowest BCUT2D eigenvalue weighted by Crippen LogP contribution is -2.08. The molecule has 0 fully saturated rings. The summed E-state index contributed by atoms with van der Waals surface area (Å²) in [6.07, 6.45) is 5.65. The van der Waals surface area contributed by atoms with E-state index in [-0.39, 0.29) is 0 Å². The average Bonchev–Trinajstić information content (AvgIpc) is 2.76. The van der Waals surface area contributed by atoms with Gasteiger partial charge in [-0.1, -0.05) is 13.2 Å². The normalized spacial score (nSPS) is 9.90. The second-order valence-electron chi connectivity index (χ2n) is 6.33. The van der Waals surface area contributed by atoms with E-state index in [2.05, 4.69) is 13.2 Å². The van der Waals surface area contributed by atoms with Crippen LogP contribution in [-0.2, 0) is 4.74 Å². The van der Waals surface area contributed by atoms with Gasteiger partial charge in [0.15, 0.2) is 0 Å². The Labute approximate surface area is 171 Å². The number of esters is 1. The van der Waals surface area contributed by atoms with Gasteiger partial charge >= 0.3 is 5.97 Å². The van der Waals surface area contributed by atoms with Crippen LogP contribution in [0.4, 0.5) is 0 Å². The van der Waals surface area contributed by atoms with Crippen LogP contribution in [0.2, 0.25) is 0 Å². The molecule has 0 amide bonds. The molecule has 0 spiro atoms. The van der Waals surface area contributed by atoms with Gasteiger partial charge in [-0.05, 0) is 80.3 Å². The second kappa shape index (κ2) is 12.0. The van der Waals surface area contributed by atoms with E-state index in [1.54, 1.807) is 54.6 Å². The zero-order chi connectivity index (χ0) is 20.9. The molecule has 0 unspecified atom stereocenters. The average molecular weight is 391 g/mol. The van der Waals surface area contributed by atoms with Gasteiger partial charge in [-0.3, -0.25) is 0 Å². The summed E-state index contributed by atoms with van der Waals surface area (Å²) in [5.74, 6) is 1.26. The molecule has 0 saturated carbocycles. The highest BCUT2D eigenvalue weighted by atomic mass is 16.5. The first kappa shape index (κ1) is 21.8. The lowest BCUT2D eigenvalue weighted by Gasteiger charge is -2.08. The van der Waals surface area contributed by atoms with Crippen molar-refractivity contribution in [2.75, 3.05) is 13.2 Å². The van der Waals surface area contributed by atoms with Crippen LogP contribution in [-0.4, -0.2) is 19.2 Å². The summed E-state index contributed by atoms with van der Waals surface area (Å²) in [7, 11) is 0. The van der Waals surface area contributed by atoms with E-state index in [1.165, 1.54) is 0 Å². The van der Waals surface area contributed by atoms with E-state index in [1.807, 2.05) is 6.07 Å². The zero-order valence-electron chi connectivity index (χ0n) is 16.4. The van der Waals surface area contributed by atoms with E-state index in [0.29, 0.717) is 41.6 Å². The number of rotatable bonds is 12. The lowest BCUT2D eigenvalue weighted by molar-refractivity contribution is 0.0734. The van der Waals surface area contributed by atoms with E-state index in [4.69, 9.17) is 19.5 Å². The van der Waals surface area contributed by atoms with Crippen molar-refractivity contribution in [1.82, 2.24) is 0 Å². The minimum Gasteiger partial charge on any atom is -0.494 e. The maximum Gasteiger partial charge on any atom is 0.343 e. The standard InChI is InChI=1S/C24H25NO4/c1-3-19(2)27-16-6-4-5-7-17-28-22-14-10-21(11-15-22)24(26)29-23-12-8-20(18-25)9-13-23/h3,8-15H,1-2,4-7,16-17H2. The number of benzene rings is 2. The summed E-state index contributed by atoms with van der Waals surface area (Å²) in [5, 5.41) is 8.79. The van der Waals surface area contributed by atoms with Crippen molar-refractivity contribution in [2.24, 2.45) is 0 Å². The first-order chi connectivity index (χ1) is 14.1. The first-order valence-electron chi connectivity index (χ1n) is 9.51. The Balaban J connectivity index is 1.66. The number of hydrogen-bond acceptors (Lipinski definition) is 5. The number of hydrogen-bond donors (Lipinski definition) is 0. The van der Waals surface area contributed by atoms with Crippen LogP contribution in [0.15, 0.2) is 73.5 Å². The maximum absolute atomic E-state index is 12.2. The molecule has 0 aliphatic rings. The number of carbonyl (C=O) groups excluding carboxylic acids is 1. The molecule has 0 aliphatic carbocycles. The summed E-state index contributed by atoms with van der Waals surface area (Å²) in [5.41, 5.74) is 0.945. The smallest absolute Gasteiger partial charge is 0.343 e. The number of nitrogens with zero attached hydrogens (tertiary/aromatic N) is 1. The number of nitriles is 1. The highest BCUT2D eigenvalue weighted by molar-refractivity contribution is 5.91. The van der Waals surface area contributed by atoms with Crippen LogP contribution in [0.25, 0.3) is 0 Å². The van der Waals surface area contributed by atoms with Gasteiger partial charge in [0, 0.05) is 0 Å². The highest BCUT2D eigenvalue weighted by Gasteiger charge is 2.09. The van der Waals surface area contributed by atoms with Crippen LogP contribution < -0.4 is 9.47 Å². The Hall–Kier alpha value is -3.52. The SMILES string of the molecule is C=CC(=C)OCCCCCCOc1ccc(C(=O)Oc2ccc(C#N)cc2)cc1. The van der Waals surface area contributed by atoms with Gasteiger partial charge in [-0.2, -0.15) is 5.26 Å². The summed E-state index contributed by atoms with van der Waals surface area (Å²) in [6, 6.07) is 15.3. The molecule has 0 bridgehead atoms. The monoisotopic (exact) mass is 391 g/mol. The number of carbonyl (C=O) groups is 1. The van der Waals surface area contributed by atoms with Crippen molar-refractivity contribution in [3.63, 3.8) is 0 Å². The summed E-state index contributed by atoms with van der Waals surface area (Å²) in [4.78, 5) is 12.2. The Morgan fingerprint density at radius 1 is 0.931 bits per heavy atom. The molecule has 29 heavy (non-hydrogen) atoms. The van der Waals surface area contributed by atoms with Crippen molar-refractivity contribution in [2.45, 2.75) is 25.7 Å². The maximum atomic E-state index is 12.2. The van der Waals surface area contributed by atoms with Crippen LogP contribution in [0.1, 0.15) is 41.6 Å². The molecule has 0 N–H and O–H groups in total. The predicted molar refractivity (Wildman–Crippen MR) is 112 cm³/mol. The van der Waals surface area contributed by atoms with Gasteiger partial charge in [0.05, 0.1) is 30.4 Å². The third-order valence-corrected chi connectivity index (χ3v) is 4.11. The molecule has 0 aromatic heterocycles. The third-order valence-electron chi connectivity index (χ3n) is 4.11. The van der Waals surface area contributed by atoms with Crippen LogP contribution >= 0.6 is 0 Å². The number of allylic oxidation sites excluding steroid dienone is 1. The minimum absolute atomic E-state index is 0.397. The van der Waals surface area contributed by atoms with Crippen LogP contribution in [0.5, 0.6) is 11.5 Å². The second-order valence-corrected chi connectivity index (χ2v) is 6.33. The third kappa shape index (κ3) is 7.94. The van der Waals surface area contributed by atoms with E-state index in [0.717, 1.165) is 25.7 Å². The van der Waals surface area contributed by atoms with Crippen LogP contribution in [0.3, 0.4) is 0 Å². The van der Waals surface area contributed by atoms with E-state index < -0.39 is 5.97 Å². The molecule has 2 aromatic rings. The Bertz CT molecular complexity index is 848. The van der Waals surface area contributed by atoms with Crippen molar-refractivity contribution in [1.29, 1.82) is 5.26 Å². The molecule has 0 aliphatic heterocycles. The predicted octanol–water partition coefficient (Wildman–Crippen LogP) is 5.43. The van der Waals surface area contributed by atoms with Crippen molar-refractivity contribution in [3.8, 4) is 17.6 Å². The fourth-order valence-electron chi connectivity index (χ4n) is 2.46. The lowest BCUT2D eigenvalue weighted by atomic mass is 10.2. The topological polar surface area (TPSA) is 68.6 Å². The molecule has 5 heteroatoms. The first-order valence-corrected chi connectivity index (χ1v) is 9.51. The molecular formula is C24H25NO4. The van der Waals surface area contributed by atoms with Crippen molar-refractivity contribution < 1.29 is 19.0 Å². The number of ether oxygens (including phenoxy) is 3. The largest absolute Gasteiger partial charge is 0.494 e. The van der Waals surface area contributed by atoms with Gasteiger partial charge in [-0.15, -0.1) is 0 Å². The van der Waals surface area contributed by atoms with Crippen LogP contribution in [0, 0.1) is 11.3 Å². The van der Waals surface area contributed by atoms with Crippen molar-refractivity contribution >= 4 is 5.97 Å². The Morgan fingerprint density at radius 3 is 2.17 bits per heavy atom. The molecule has 5 nitrogen and oxygen atoms in total. The highest BCUT2D eigenvalue weighted by Crippen LogP contribution is 2.17. The fraction of sp³-hybridized carbons (Fsp3) is 0.250. The number of unbranched alkanes of at least 4 members (excludes halogenated alkanes) is 3. The van der Waals surface area contributed by atoms with Gasteiger partial charge in [0.2, 0.25) is 0 Å². The molecular weight excluding hydrogens is 366 g/mol. The van der Waals surface area contributed by atoms with Gasteiger partial charge in [0.1, 0.15) is 17.3 Å². The quantitative estimate of drug-likeness (QED) is 0.159. The Morgan fingerprint density at radius 2 is 1.55 bits per heavy atom. The molecule has 0 atom stereocenters. The minimum atomic E-state index is -0.456. The van der Waals surface area contributed by atoms with Gasteiger partial charge in [-0.25, -0.2) is 4.79 Å². The van der Waals surface area contributed by atoms with E-state index >= 15 is 0 Å². The molecule has 0 saturated heterocycles. The van der Waals surface area contributed by atoms with E-state index in [9.17, 15) is 4.79 Å². The summed E-state index contributed by atoms with van der Waals surface area (Å²) < 4.78 is 16.4. The molecule has 0 radical (unpaired) electrons. The van der Waals surface area contributed by atoms with Gasteiger partial charge in [0.25, 0.3) is 0 Å². The van der Waals surface area contributed by atoms with Crippen molar-refractivity contribution in [3.05, 3.63) is 84.7 Å². The molecule has 150 valence electrons. The summed E-state index contributed by atoms with van der Waals surface area (Å²) >= 11 is 0. The molecule has 2 rings (SSSR count). The van der Waals surface area contributed by atoms with Gasteiger partial charge < -0.3 is 14.2 Å². The fourth-order valence-corrected chi connectivity index (χ4v) is 2.46. The Kier molecular flexibility index (Phi) is 9.04.